The molecule has 0 N–H and O–H groups in total. The summed E-state index contributed by atoms with van der Waals surface area (Å²) < 4.78 is 29.8. The summed E-state index contributed by atoms with van der Waals surface area (Å²) in [5.74, 6) is -1.05. The van der Waals surface area contributed by atoms with E-state index in [9.17, 15) is 18.0 Å². The van der Waals surface area contributed by atoms with E-state index in [1.54, 1.807) is 15.5 Å². The summed E-state index contributed by atoms with van der Waals surface area (Å²) in [7, 11) is -2.38. The molecule has 1 aromatic rings. The third-order valence-corrected chi connectivity index (χ3v) is 5.04. The molecule has 0 saturated heterocycles. The van der Waals surface area contributed by atoms with Crippen LogP contribution in [-0.4, -0.2) is 25.7 Å². The van der Waals surface area contributed by atoms with E-state index in [2.05, 4.69) is 17.7 Å². The maximum absolute atomic E-state index is 12.6. The normalized spacial score (nSPS) is 12.5. The first-order valence-corrected chi connectivity index (χ1v) is 9.16. The van der Waals surface area contributed by atoms with E-state index in [-0.39, 0.29) is 4.90 Å². The quantitative estimate of drug-likeness (QED) is 0.280. The molecular formula is C18H18NO5PS. The molecule has 0 bridgehead atoms. The molecule has 1 amide bonds. The Bertz CT molecular complexity index is 870. The van der Waals surface area contributed by atoms with Crippen molar-refractivity contribution >= 4 is 31.7 Å². The number of hydrogen-bond acceptors (Lipinski definition) is 5. The Balaban J connectivity index is 3.32. The fourth-order valence-corrected chi connectivity index (χ4v) is 3.34. The zero-order valence-corrected chi connectivity index (χ0v) is 15.8. The number of rotatable bonds is 9. The highest BCUT2D eigenvalue weighted by molar-refractivity contribution is 7.96. The Morgan fingerprint density at radius 1 is 1.15 bits per heavy atom. The van der Waals surface area contributed by atoms with Crippen molar-refractivity contribution in [1.82, 2.24) is 4.90 Å². The maximum atomic E-state index is 12.6. The molecule has 0 radical (unpaired) electrons. The lowest BCUT2D eigenvalue weighted by molar-refractivity contribution is -0.128. The summed E-state index contributed by atoms with van der Waals surface area (Å²) in [6.45, 7) is 7.10. The Hall–Kier alpha value is -2.76. The Morgan fingerprint density at radius 2 is 1.81 bits per heavy atom. The van der Waals surface area contributed by atoms with Crippen LogP contribution in [0.1, 0.15) is 0 Å². The van der Waals surface area contributed by atoms with E-state index in [0.717, 1.165) is 11.0 Å². The van der Waals surface area contributed by atoms with Crippen molar-refractivity contribution < 1.29 is 22.5 Å². The summed E-state index contributed by atoms with van der Waals surface area (Å²) >= 11 is 0. The summed E-state index contributed by atoms with van der Waals surface area (Å²) in [5.41, 5.74) is 0.417. The molecule has 0 aliphatic carbocycles. The summed E-state index contributed by atoms with van der Waals surface area (Å²) in [6.07, 6.45) is 8.50. The predicted molar refractivity (Wildman–Crippen MR) is 103 cm³/mol. The number of sulfone groups is 1. The average Bonchev–Trinajstić information content (AvgIpc) is 2.66. The SMILES string of the molecule is C=C/C=C(\C=C)N(C=O)/C=C/C=C(/C(=O)OP)S(=O)(=O)c1ccccc1. The molecule has 1 rings (SSSR count). The highest BCUT2D eigenvalue weighted by atomic mass is 32.2. The van der Waals surface area contributed by atoms with Gasteiger partial charge in [0, 0.05) is 11.9 Å². The minimum Gasteiger partial charge on any atom is -0.447 e. The van der Waals surface area contributed by atoms with Gasteiger partial charge in [-0.15, -0.1) is 0 Å². The molecule has 26 heavy (non-hydrogen) atoms. The van der Waals surface area contributed by atoms with Crippen molar-refractivity contribution in [3.8, 4) is 0 Å². The van der Waals surface area contributed by atoms with E-state index in [4.69, 9.17) is 0 Å². The fourth-order valence-electron chi connectivity index (χ4n) is 1.84. The Labute approximate surface area is 155 Å². The minimum absolute atomic E-state index is 0.0550. The lowest BCUT2D eigenvalue weighted by Crippen LogP contribution is -2.14. The molecule has 0 fully saturated rings. The molecule has 0 saturated carbocycles. The average molecular weight is 391 g/mol. The third-order valence-electron chi connectivity index (χ3n) is 3.05. The highest BCUT2D eigenvalue weighted by Crippen LogP contribution is 2.21. The molecule has 1 atom stereocenters. The van der Waals surface area contributed by atoms with E-state index in [0.29, 0.717) is 12.1 Å². The van der Waals surface area contributed by atoms with Crippen molar-refractivity contribution in [1.29, 1.82) is 0 Å². The molecular weight excluding hydrogens is 373 g/mol. The number of carbonyl (C=O) groups excluding carboxylic acids is 2. The van der Waals surface area contributed by atoms with Gasteiger partial charge in [-0.3, -0.25) is 9.69 Å². The van der Waals surface area contributed by atoms with E-state index in [1.165, 1.54) is 54.8 Å². The minimum atomic E-state index is -4.09. The van der Waals surface area contributed by atoms with Crippen LogP contribution in [0.4, 0.5) is 0 Å². The van der Waals surface area contributed by atoms with Crippen LogP contribution in [0, 0.1) is 0 Å². The third kappa shape index (κ3) is 5.37. The van der Waals surface area contributed by atoms with Gasteiger partial charge in [-0.05, 0) is 36.4 Å². The highest BCUT2D eigenvalue weighted by Gasteiger charge is 2.27. The van der Waals surface area contributed by atoms with E-state index >= 15 is 0 Å². The van der Waals surface area contributed by atoms with Crippen LogP contribution in [0.5, 0.6) is 0 Å². The second-order valence-electron chi connectivity index (χ2n) is 4.64. The molecule has 136 valence electrons. The van der Waals surface area contributed by atoms with Crippen LogP contribution in [0.15, 0.2) is 95.6 Å². The van der Waals surface area contributed by atoms with Gasteiger partial charge in [0.2, 0.25) is 16.2 Å². The van der Waals surface area contributed by atoms with Crippen molar-refractivity contribution in [2.45, 2.75) is 4.90 Å². The monoisotopic (exact) mass is 391 g/mol. The Kier molecular flexibility index (Phi) is 8.42. The molecule has 6 nitrogen and oxygen atoms in total. The molecule has 0 aliphatic heterocycles. The largest absolute Gasteiger partial charge is 0.447 e. The van der Waals surface area contributed by atoms with Crippen molar-refractivity contribution in [2.24, 2.45) is 0 Å². The molecule has 0 aromatic heterocycles. The van der Waals surface area contributed by atoms with Crippen LogP contribution in [0.25, 0.3) is 0 Å². The number of benzene rings is 1. The van der Waals surface area contributed by atoms with Crippen molar-refractivity contribution in [3.63, 3.8) is 0 Å². The molecule has 8 heteroatoms. The zero-order chi connectivity index (χ0) is 19.6. The smallest absolute Gasteiger partial charge is 0.352 e. The molecule has 0 aliphatic rings. The molecule has 1 aromatic carbocycles. The van der Waals surface area contributed by atoms with Gasteiger partial charge in [0.15, 0.2) is 4.91 Å². The number of allylic oxidation sites excluding steroid dienone is 5. The lowest BCUT2D eigenvalue weighted by atomic mass is 10.3. The first-order valence-electron chi connectivity index (χ1n) is 7.20. The lowest BCUT2D eigenvalue weighted by Gasteiger charge is -2.12. The van der Waals surface area contributed by atoms with Crippen LogP contribution in [0.2, 0.25) is 0 Å². The molecule has 0 spiro atoms. The van der Waals surface area contributed by atoms with Gasteiger partial charge in [0.25, 0.3) is 0 Å². The predicted octanol–water partition coefficient (Wildman–Crippen LogP) is 2.91. The van der Waals surface area contributed by atoms with Crippen LogP contribution >= 0.6 is 9.47 Å². The first kappa shape index (κ1) is 21.3. The van der Waals surface area contributed by atoms with Gasteiger partial charge in [0.05, 0.1) is 14.4 Å². The topological polar surface area (TPSA) is 80.8 Å². The fraction of sp³-hybridized carbons (Fsp3) is 0. The Morgan fingerprint density at radius 3 is 2.31 bits per heavy atom. The zero-order valence-electron chi connectivity index (χ0n) is 13.8. The van der Waals surface area contributed by atoms with Gasteiger partial charge in [0.1, 0.15) is 0 Å². The van der Waals surface area contributed by atoms with Gasteiger partial charge in [-0.1, -0.05) is 37.4 Å². The summed E-state index contributed by atoms with van der Waals surface area (Å²) in [6, 6.07) is 7.46. The van der Waals surface area contributed by atoms with Gasteiger partial charge in [-0.25, -0.2) is 13.2 Å². The number of amides is 1. The van der Waals surface area contributed by atoms with Gasteiger partial charge in [-0.2, -0.15) is 0 Å². The second-order valence-corrected chi connectivity index (χ2v) is 6.79. The number of nitrogens with zero attached hydrogens (tertiary/aromatic N) is 1. The van der Waals surface area contributed by atoms with Crippen LogP contribution in [0.3, 0.4) is 0 Å². The first-order chi connectivity index (χ1) is 12.4. The van der Waals surface area contributed by atoms with Crippen LogP contribution in [-0.2, 0) is 24.0 Å². The van der Waals surface area contributed by atoms with Crippen molar-refractivity contribution in [3.05, 3.63) is 90.7 Å². The summed E-state index contributed by atoms with van der Waals surface area (Å²) in [4.78, 5) is 23.6. The van der Waals surface area contributed by atoms with E-state index < -0.39 is 20.7 Å². The molecule has 1 unspecified atom stereocenters. The van der Waals surface area contributed by atoms with Crippen LogP contribution < -0.4 is 0 Å². The number of carbonyl (C=O) groups is 2. The van der Waals surface area contributed by atoms with Gasteiger partial charge < -0.3 is 4.52 Å². The van der Waals surface area contributed by atoms with Gasteiger partial charge >= 0.3 is 5.97 Å². The second kappa shape index (κ2) is 10.3. The maximum Gasteiger partial charge on any atom is 0.352 e. The standard InChI is InChI=1S/C18H18NO5PS/c1-3-9-15(4-2)19(14-20)13-8-12-17(18(21)24-25)26(22,23)16-10-6-5-7-11-16/h3-14H,1-2,25H2/b13-8+,15-9+,17-12-. The van der Waals surface area contributed by atoms with Crippen molar-refractivity contribution in [2.75, 3.05) is 0 Å². The number of hydrogen-bond donors (Lipinski definition) is 0. The van der Waals surface area contributed by atoms with E-state index in [1.807, 2.05) is 0 Å². The molecule has 0 heterocycles. The summed E-state index contributed by atoms with van der Waals surface area (Å²) in [5, 5.41) is 0.